The molecule has 2 heterocycles. The Morgan fingerprint density at radius 2 is 1.90 bits per heavy atom. The molecule has 1 aromatic carbocycles. The van der Waals surface area contributed by atoms with Gasteiger partial charge in [0.05, 0.1) is 26.4 Å². The molecule has 31 heavy (non-hydrogen) atoms. The van der Waals surface area contributed by atoms with Gasteiger partial charge < -0.3 is 24.8 Å². The summed E-state index contributed by atoms with van der Waals surface area (Å²) in [7, 11) is 0. The molecular weight excluding hydrogens is 394 g/mol. The number of hydrogen-bond acceptors (Lipinski definition) is 6. The van der Waals surface area contributed by atoms with Crippen molar-refractivity contribution in [3.8, 4) is 17.4 Å². The smallest absolute Gasteiger partial charge is 0.219 e. The predicted octanol–water partition coefficient (Wildman–Crippen LogP) is 2.66. The summed E-state index contributed by atoms with van der Waals surface area (Å²) in [5.74, 6) is 2.69. The van der Waals surface area contributed by atoms with Crippen LogP contribution in [-0.4, -0.2) is 68.4 Å². The third kappa shape index (κ3) is 7.73. The number of nitrogens with one attached hydrogen (secondary N) is 2. The molecule has 2 N–H and O–H groups in total. The molecule has 1 fully saturated rings. The average Bonchev–Trinajstić information content (AvgIpc) is 2.80. The van der Waals surface area contributed by atoms with E-state index in [9.17, 15) is 0 Å². The Hall–Kier alpha value is -2.84. The van der Waals surface area contributed by atoms with Gasteiger partial charge in [-0.15, -0.1) is 0 Å². The van der Waals surface area contributed by atoms with E-state index in [1.807, 2.05) is 43.3 Å². The van der Waals surface area contributed by atoms with Crippen molar-refractivity contribution in [1.29, 1.82) is 0 Å². The van der Waals surface area contributed by atoms with Crippen molar-refractivity contribution < 1.29 is 14.2 Å². The molecule has 168 valence electrons. The maximum absolute atomic E-state index is 5.88. The van der Waals surface area contributed by atoms with Crippen molar-refractivity contribution in [2.45, 2.75) is 20.4 Å². The molecule has 1 saturated heterocycles. The van der Waals surface area contributed by atoms with Gasteiger partial charge in [0, 0.05) is 45.0 Å². The van der Waals surface area contributed by atoms with Crippen LogP contribution in [0, 0.1) is 0 Å². The van der Waals surface area contributed by atoms with Crippen molar-refractivity contribution in [1.82, 2.24) is 20.5 Å². The van der Waals surface area contributed by atoms with Gasteiger partial charge in [-0.2, -0.15) is 0 Å². The maximum atomic E-state index is 5.88. The van der Waals surface area contributed by atoms with Crippen molar-refractivity contribution in [3.05, 3.63) is 48.2 Å². The van der Waals surface area contributed by atoms with E-state index < -0.39 is 0 Å². The van der Waals surface area contributed by atoms with E-state index in [1.54, 1.807) is 6.20 Å². The highest BCUT2D eigenvalue weighted by molar-refractivity contribution is 5.79. The van der Waals surface area contributed by atoms with E-state index in [1.165, 1.54) is 0 Å². The van der Waals surface area contributed by atoms with Crippen molar-refractivity contribution >= 4 is 5.96 Å². The number of benzene rings is 1. The van der Waals surface area contributed by atoms with E-state index in [0.29, 0.717) is 30.5 Å². The van der Waals surface area contributed by atoms with E-state index in [0.717, 1.165) is 57.5 Å². The monoisotopic (exact) mass is 427 g/mol. The Kier molecular flexibility index (Phi) is 9.40. The number of aromatic nitrogens is 1. The molecule has 3 rings (SSSR count). The minimum Gasteiger partial charge on any atom is -0.490 e. The van der Waals surface area contributed by atoms with Crippen LogP contribution in [0.25, 0.3) is 0 Å². The zero-order chi connectivity index (χ0) is 21.7. The van der Waals surface area contributed by atoms with E-state index in [4.69, 9.17) is 14.2 Å². The number of nitrogens with zero attached hydrogens (tertiary/aromatic N) is 3. The van der Waals surface area contributed by atoms with Crippen LogP contribution in [-0.2, 0) is 11.3 Å². The molecule has 0 atom stereocenters. The highest BCUT2D eigenvalue weighted by Gasteiger charge is 2.10. The van der Waals surface area contributed by atoms with Crippen LogP contribution in [0.1, 0.15) is 19.4 Å². The van der Waals surface area contributed by atoms with Gasteiger partial charge in [0.1, 0.15) is 0 Å². The van der Waals surface area contributed by atoms with E-state index >= 15 is 0 Å². The van der Waals surface area contributed by atoms with Gasteiger partial charge in [0.15, 0.2) is 17.5 Å². The SMILES string of the molecule is CCNC(=NCc1ccc(Oc2ccccc2OCC)nc1)NCCN1CCOCC1. The largest absolute Gasteiger partial charge is 0.490 e. The number of morpholine rings is 1. The molecule has 0 amide bonds. The number of ether oxygens (including phenoxy) is 3. The minimum atomic E-state index is 0.524. The van der Waals surface area contributed by atoms with Gasteiger partial charge >= 0.3 is 0 Å². The zero-order valence-corrected chi connectivity index (χ0v) is 18.5. The Bertz CT molecular complexity index is 807. The highest BCUT2D eigenvalue weighted by atomic mass is 16.5. The molecule has 0 saturated carbocycles. The first-order chi connectivity index (χ1) is 15.3. The minimum absolute atomic E-state index is 0.524. The van der Waals surface area contributed by atoms with Gasteiger partial charge in [0.25, 0.3) is 0 Å². The summed E-state index contributed by atoms with van der Waals surface area (Å²) in [6.45, 7) is 11.4. The Labute approximate surface area is 184 Å². The van der Waals surface area contributed by atoms with Gasteiger partial charge in [-0.05, 0) is 31.5 Å². The Morgan fingerprint density at radius 3 is 2.61 bits per heavy atom. The van der Waals surface area contributed by atoms with Crippen LogP contribution >= 0.6 is 0 Å². The predicted molar refractivity (Wildman–Crippen MR) is 122 cm³/mol. The molecule has 8 nitrogen and oxygen atoms in total. The van der Waals surface area contributed by atoms with Crippen LogP contribution in [0.5, 0.6) is 17.4 Å². The topological polar surface area (TPSA) is 80.2 Å². The van der Waals surface area contributed by atoms with Gasteiger partial charge in [-0.3, -0.25) is 4.90 Å². The molecule has 0 radical (unpaired) electrons. The lowest BCUT2D eigenvalue weighted by Crippen LogP contribution is -2.44. The average molecular weight is 428 g/mol. The summed E-state index contributed by atoms with van der Waals surface area (Å²) < 4.78 is 16.9. The molecule has 0 bridgehead atoms. The van der Waals surface area contributed by atoms with Crippen molar-refractivity contribution in [3.63, 3.8) is 0 Å². The first kappa shape index (κ1) is 22.8. The third-order valence-electron chi connectivity index (χ3n) is 4.75. The second-order valence-electron chi connectivity index (χ2n) is 7.06. The first-order valence-corrected chi connectivity index (χ1v) is 11.0. The van der Waals surface area contributed by atoms with Gasteiger partial charge in [-0.25, -0.2) is 9.98 Å². The van der Waals surface area contributed by atoms with Gasteiger partial charge in [-0.1, -0.05) is 18.2 Å². The van der Waals surface area contributed by atoms with Crippen molar-refractivity contribution in [2.75, 3.05) is 52.5 Å². The summed E-state index contributed by atoms with van der Waals surface area (Å²) in [6.07, 6.45) is 1.79. The normalized spacial score (nSPS) is 14.8. The molecule has 0 aliphatic carbocycles. The number of rotatable bonds is 10. The Balaban J connectivity index is 1.51. The van der Waals surface area contributed by atoms with Crippen LogP contribution in [0.4, 0.5) is 0 Å². The van der Waals surface area contributed by atoms with E-state index in [-0.39, 0.29) is 0 Å². The fourth-order valence-corrected chi connectivity index (χ4v) is 3.16. The second kappa shape index (κ2) is 12.8. The maximum Gasteiger partial charge on any atom is 0.219 e. The number of aliphatic imine (C=N–C) groups is 1. The molecule has 1 aliphatic rings. The standard InChI is InChI=1S/C23H33N5O3/c1-3-24-23(25-11-12-28-13-15-29-16-14-28)27-18-19-9-10-22(26-17-19)31-21-8-6-5-7-20(21)30-4-2/h5-10,17H,3-4,11-16,18H2,1-2H3,(H2,24,25,27). The van der Waals surface area contributed by atoms with Crippen LogP contribution in [0.2, 0.25) is 0 Å². The fraction of sp³-hybridized carbons (Fsp3) is 0.478. The molecule has 8 heteroatoms. The van der Waals surface area contributed by atoms with Crippen molar-refractivity contribution in [2.24, 2.45) is 4.99 Å². The molecule has 0 spiro atoms. The molecular formula is C23H33N5O3. The molecule has 1 aliphatic heterocycles. The summed E-state index contributed by atoms with van der Waals surface area (Å²) in [6, 6.07) is 11.4. The summed E-state index contributed by atoms with van der Waals surface area (Å²) in [5.41, 5.74) is 1.01. The summed E-state index contributed by atoms with van der Waals surface area (Å²) >= 11 is 0. The lowest BCUT2D eigenvalue weighted by atomic mass is 10.3. The lowest BCUT2D eigenvalue weighted by molar-refractivity contribution is 0.0389. The van der Waals surface area contributed by atoms with Crippen LogP contribution < -0.4 is 20.1 Å². The molecule has 2 aromatic rings. The summed E-state index contributed by atoms with van der Waals surface area (Å²) in [4.78, 5) is 11.5. The number of guanidine groups is 1. The van der Waals surface area contributed by atoms with Crippen LogP contribution in [0.15, 0.2) is 47.6 Å². The van der Waals surface area contributed by atoms with Gasteiger partial charge in [0.2, 0.25) is 5.88 Å². The number of para-hydroxylation sites is 2. The second-order valence-corrected chi connectivity index (χ2v) is 7.06. The molecule has 1 aromatic heterocycles. The number of pyridine rings is 1. The van der Waals surface area contributed by atoms with E-state index in [2.05, 4.69) is 32.4 Å². The first-order valence-electron chi connectivity index (χ1n) is 11.0. The third-order valence-corrected chi connectivity index (χ3v) is 4.75. The zero-order valence-electron chi connectivity index (χ0n) is 18.5. The highest BCUT2D eigenvalue weighted by Crippen LogP contribution is 2.30. The quantitative estimate of drug-likeness (QED) is 0.446. The Morgan fingerprint density at radius 1 is 1.10 bits per heavy atom. The lowest BCUT2D eigenvalue weighted by Gasteiger charge is -2.26. The summed E-state index contributed by atoms with van der Waals surface area (Å²) in [5, 5.41) is 6.69. The molecule has 0 unspecified atom stereocenters. The fourth-order valence-electron chi connectivity index (χ4n) is 3.16. The number of hydrogen-bond donors (Lipinski definition) is 2. The van der Waals surface area contributed by atoms with Crippen LogP contribution in [0.3, 0.4) is 0 Å².